The van der Waals surface area contributed by atoms with E-state index in [2.05, 4.69) is 15.3 Å². The summed E-state index contributed by atoms with van der Waals surface area (Å²) in [7, 11) is 0. The summed E-state index contributed by atoms with van der Waals surface area (Å²) in [6, 6.07) is 0. The predicted octanol–water partition coefficient (Wildman–Crippen LogP) is 2.40. The van der Waals surface area contributed by atoms with Gasteiger partial charge in [0.1, 0.15) is 5.15 Å². The van der Waals surface area contributed by atoms with E-state index in [4.69, 9.17) is 16.3 Å². The van der Waals surface area contributed by atoms with Gasteiger partial charge in [-0.05, 0) is 20.8 Å². The van der Waals surface area contributed by atoms with Crippen LogP contribution in [0.4, 0.5) is 10.6 Å². The van der Waals surface area contributed by atoms with E-state index in [0.29, 0.717) is 11.5 Å². The molecule has 0 aliphatic heterocycles. The summed E-state index contributed by atoms with van der Waals surface area (Å²) < 4.78 is 4.89. The molecular weight excluding hydrogens is 218 g/mol. The van der Waals surface area contributed by atoms with Gasteiger partial charge in [-0.1, -0.05) is 11.6 Å². The van der Waals surface area contributed by atoms with Gasteiger partial charge < -0.3 is 4.74 Å². The van der Waals surface area contributed by atoms with Crippen molar-refractivity contribution in [1.29, 1.82) is 0 Å². The van der Waals surface area contributed by atoms with Gasteiger partial charge in [0.15, 0.2) is 5.82 Å². The number of hydrogen-bond donors (Lipinski definition) is 1. The molecule has 0 bridgehead atoms. The van der Waals surface area contributed by atoms with Gasteiger partial charge in [-0.2, -0.15) is 0 Å². The van der Waals surface area contributed by atoms with E-state index in [1.54, 1.807) is 20.8 Å². The molecule has 0 radical (unpaired) electrons. The number of ether oxygens (including phenoxy) is 1. The second kappa shape index (κ2) is 4.93. The molecule has 0 aromatic carbocycles. The Hall–Kier alpha value is -1.36. The van der Waals surface area contributed by atoms with Crippen LogP contribution in [0.5, 0.6) is 0 Å². The number of hydrogen-bond acceptors (Lipinski definition) is 4. The predicted molar refractivity (Wildman–Crippen MR) is 57.0 cm³/mol. The fraction of sp³-hybridized carbons (Fsp3) is 0.444. The van der Waals surface area contributed by atoms with Gasteiger partial charge in [0, 0.05) is 0 Å². The second-order valence-corrected chi connectivity index (χ2v) is 3.59. The third kappa shape index (κ3) is 3.71. The average Bonchev–Trinajstić information content (AvgIpc) is 2.10. The van der Waals surface area contributed by atoms with Gasteiger partial charge in [0.05, 0.1) is 18.0 Å². The first-order chi connectivity index (χ1) is 6.99. The van der Waals surface area contributed by atoms with E-state index in [1.165, 1.54) is 6.20 Å². The molecule has 82 valence electrons. The molecule has 0 fully saturated rings. The zero-order chi connectivity index (χ0) is 11.4. The summed E-state index contributed by atoms with van der Waals surface area (Å²) in [5, 5.41) is 2.69. The molecule has 0 aliphatic rings. The number of carbonyl (C=O) groups is 1. The molecule has 0 aliphatic carbocycles. The minimum absolute atomic E-state index is 0.183. The van der Waals surface area contributed by atoms with Crippen molar-refractivity contribution in [2.45, 2.75) is 26.9 Å². The fourth-order valence-electron chi connectivity index (χ4n) is 0.886. The van der Waals surface area contributed by atoms with E-state index in [-0.39, 0.29) is 11.3 Å². The fourth-order valence-corrected chi connectivity index (χ4v) is 1.02. The van der Waals surface area contributed by atoms with Gasteiger partial charge in [-0.3, -0.25) is 10.3 Å². The number of amides is 1. The highest BCUT2D eigenvalue weighted by molar-refractivity contribution is 6.29. The smallest absolute Gasteiger partial charge is 0.413 e. The lowest BCUT2D eigenvalue weighted by atomic mass is 10.4. The maximum atomic E-state index is 11.2. The highest BCUT2D eigenvalue weighted by Crippen LogP contribution is 2.12. The number of carbonyl (C=O) groups excluding carboxylic acids is 1. The van der Waals surface area contributed by atoms with Crippen molar-refractivity contribution in [3.63, 3.8) is 0 Å². The van der Waals surface area contributed by atoms with Crippen LogP contribution in [-0.2, 0) is 4.74 Å². The van der Waals surface area contributed by atoms with Crippen molar-refractivity contribution in [3.8, 4) is 0 Å². The SMILES string of the molecule is Cc1ncc(Cl)nc1NC(=O)OC(C)C. The number of rotatable bonds is 2. The number of nitrogens with zero attached hydrogens (tertiary/aromatic N) is 2. The monoisotopic (exact) mass is 229 g/mol. The molecule has 5 nitrogen and oxygen atoms in total. The molecule has 6 heteroatoms. The number of anilines is 1. The van der Waals surface area contributed by atoms with Crippen molar-refractivity contribution in [2.24, 2.45) is 0 Å². The normalized spacial score (nSPS) is 10.2. The lowest BCUT2D eigenvalue weighted by Crippen LogP contribution is -2.19. The van der Waals surface area contributed by atoms with E-state index in [9.17, 15) is 4.79 Å². The van der Waals surface area contributed by atoms with Gasteiger partial charge in [0.2, 0.25) is 0 Å². The van der Waals surface area contributed by atoms with Crippen molar-refractivity contribution >= 4 is 23.5 Å². The Balaban J connectivity index is 2.71. The number of aromatic nitrogens is 2. The van der Waals surface area contributed by atoms with Gasteiger partial charge >= 0.3 is 6.09 Å². The Morgan fingerprint density at radius 2 is 2.27 bits per heavy atom. The van der Waals surface area contributed by atoms with Gasteiger partial charge in [-0.15, -0.1) is 0 Å². The van der Waals surface area contributed by atoms with Crippen LogP contribution in [0.3, 0.4) is 0 Å². The van der Waals surface area contributed by atoms with Gasteiger partial charge in [-0.25, -0.2) is 9.78 Å². The highest BCUT2D eigenvalue weighted by Gasteiger charge is 2.09. The van der Waals surface area contributed by atoms with Crippen LogP contribution in [0, 0.1) is 6.92 Å². The molecule has 1 N–H and O–H groups in total. The van der Waals surface area contributed by atoms with Crippen molar-refractivity contribution in [1.82, 2.24) is 9.97 Å². The Morgan fingerprint density at radius 1 is 1.60 bits per heavy atom. The first-order valence-electron chi connectivity index (χ1n) is 4.46. The van der Waals surface area contributed by atoms with Crippen LogP contribution in [0.25, 0.3) is 0 Å². The van der Waals surface area contributed by atoms with Crippen LogP contribution in [0.2, 0.25) is 5.15 Å². The minimum Gasteiger partial charge on any atom is -0.447 e. The Bertz CT molecular complexity index is 368. The summed E-state index contributed by atoms with van der Waals surface area (Å²) in [5.41, 5.74) is 0.583. The summed E-state index contributed by atoms with van der Waals surface area (Å²) in [6.45, 7) is 5.24. The lowest BCUT2D eigenvalue weighted by molar-refractivity contribution is 0.130. The van der Waals surface area contributed by atoms with Crippen LogP contribution in [-0.4, -0.2) is 22.2 Å². The molecule has 1 rings (SSSR count). The summed E-state index contributed by atoms with van der Waals surface area (Å²) in [6.07, 6.45) is 0.665. The molecular formula is C9H12ClN3O2. The summed E-state index contributed by atoms with van der Waals surface area (Å²) in [4.78, 5) is 19.1. The molecule has 1 amide bonds. The zero-order valence-electron chi connectivity index (χ0n) is 8.74. The molecule has 0 spiro atoms. The standard InChI is InChI=1S/C9H12ClN3O2/c1-5(2)15-9(14)13-8-6(3)11-4-7(10)12-8/h4-5H,1-3H3,(H,12,13,14). The molecule has 0 saturated heterocycles. The molecule has 1 aromatic heterocycles. The van der Waals surface area contributed by atoms with Crippen molar-refractivity contribution in [3.05, 3.63) is 17.0 Å². The number of nitrogens with one attached hydrogen (secondary N) is 1. The summed E-state index contributed by atoms with van der Waals surface area (Å²) >= 11 is 5.64. The van der Waals surface area contributed by atoms with Crippen LogP contribution >= 0.6 is 11.6 Å². The van der Waals surface area contributed by atoms with Crippen LogP contribution in [0.15, 0.2) is 6.20 Å². The molecule has 15 heavy (non-hydrogen) atoms. The quantitative estimate of drug-likeness (QED) is 0.846. The number of halogens is 1. The van der Waals surface area contributed by atoms with E-state index in [0.717, 1.165) is 0 Å². The van der Waals surface area contributed by atoms with Gasteiger partial charge in [0.25, 0.3) is 0 Å². The maximum absolute atomic E-state index is 11.2. The molecule has 0 atom stereocenters. The molecule has 0 saturated carbocycles. The summed E-state index contributed by atoms with van der Waals surface area (Å²) in [5.74, 6) is 0.313. The lowest BCUT2D eigenvalue weighted by Gasteiger charge is -2.09. The largest absolute Gasteiger partial charge is 0.447 e. The first-order valence-corrected chi connectivity index (χ1v) is 4.83. The van der Waals surface area contributed by atoms with Crippen LogP contribution in [0.1, 0.15) is 19.5 Å². The highest BCUT2D eigenvalue weighted by atomic mass is 35.5. The third-order valence-corrected chi connectivity index (χ3v) is 1.67. The average molecular weight is 230 g/mol. The molecule has 1 heterocycles. The molecule has 1 aromatic rings. The van der Waals surface area contributed by atoms with E-state index < -0.39 is 6.09 Å². The van der Waals surface area contributed by atoms with Crippen molar-refractivity contribution in [2.75, 3.05) is 5.32 Å². The number of aryl methyl sites for hydroxylation is 1. The van der Waals surface area contributed by atoms with Crippen LogP contribution < -0.4 is 5.32 Å². The van der Waals surface area contributed by atoms with E-state index in [1.807, 2.05) is 0 Å². The zero-order valence-corrected chi connectivity index (χ0v) is 9.50. The Morgan fingerprint density at radius 3 is 2.87 bits per heavy atom. The van der Waals surface area contributed by atoms with Crippen molar-refractivity contribution < 1.29 is 9.53 Å². The topological polar surface area (TPSA) is 64.1 Å². The first kappa shape index (κ1) is 11.7. The third-order valence-electron chi connectivity index (χ3n) is 1.49. The molecule has 0 unspecified atom stereocenters. The second-order valence-electron chi connectivity index (χ2n) is 3.21. The minimum atomic E-state index is -0.565. The Labute approximate surface area is 92.8 Å². The maximum Gasteiger partial charge on any atom is 0.413 e. The van der Waals surface area contributed by atoms with E-state index >= 15 is 0 Å². The Kier molecular flexibility index (Phi) is 3.85.